The SMILES string of the molecule is Cc1nccn1-c1ccc(CNC(=O)c2ccccc2)cc1. The van der Waals surface area contributed by atoms with Crippen LogP contribution in [0.4, 0.5) is 0 Å². The highest BCUT2D eigenvalue weighted by Gasteiger charge is 2.04. The Bertz CT molecular complexity index is 761. The molecule has 4 heteroatoms. The Balaban J connectivity index is 1.65. The lowest BCUT2D eigenvalue weighted by Gasteiger charge is -2.08. The van der Waals surface area contributed by atoms with E-state index in [1.807, 2.05) is 60.2 Å². The third-order valence-electron chi connectivity index (χ3n) is 3.53. The number of nitrogens with one attached hydrogen (secondary N) is 1. The average molecular weight is 291 g/mol. The Morgan fingerprint density at radius 3 is 2.45 bits per heavy atom. The third-order valence-corrected chi connectivity index (χ3v) is 3.53. The zero-order valence-electron chi connectivity index (χ0n) is 12.4. The molecule has 0 saturated carbocycles. The highest BCUT2D eigenvalue weighted by Crippen LogP contribution is 2.11. The van der Waals surface area contributed by atoms with E-state index in [1.165, 1.54) is 0 Å². The average Bonchev–Trinajstić information content (AvgIpc) is 3.00. The zero-order valence-corrected chi connectivity index (χ0v) is 12.4. The molecule has 0 atom stereocenters. The van der Waals surface area contributed by atoms with E-state index < -0.39 is 0 Å². The van der Waals surface area contributed by atoms with Crippen LogP contribution in [0.1, 0.15) is 21.7 Å². The molecule has 0 bridgehead atoms. The molecule has 0 aliphatic heterocycles. The fourth-order valence-corrected chi connectivity index (χ4v) is 2.30. The Labute approximate surface area is 129 Å². The Morgan fingerprint density at radius 1 is 1.09 bits per heavy atom. The molecule has 2 aromatic carbocycles. The van der Waals surface area contributed by atoms with E-state index in [-0.39, 0.29) is 5.91 Å². The molecule has 3 rings (SSSR count). The lowest BCUT2D eigenvalue weighted by molar-refractivity contribution is 0.0951. The summed E-state index contributed by atoms with van der Waals surface area (Å²) >= 11 is 0. The van der Waals surface area contributed by atoms with Crippen LogP contribution in [-0.4, -0.2) is 15.5 Å². The summed E-state index contributed by atoms with van der Waals surface area (Å²) in [5.41, 5.74) is 2.80. The van der Waals surface area contributed by atoms with Gasteiger partial charge in [-0.25, -0.2) is 4.98 Å². The van der Waals surface area contributed by atoms with Gasteiger partial charge in [-0.05, 0) is 36.8 Å². The van der Waals surface area contributed by atoms with Crippen LogP contribution >= 0.6 is 0 Å². The predicted molar refractivity (Wildman–Crippen MR) is 85.9 cm³/mol. The first-order valence-corrected chi connectivity index (χ1v) is 7.16. The number of rotatable bonds is 4. The minimum absolute atomic E-state index is 0.0601. The number of benzene rings is 2. The van der Waals surface area contributed by atoms with Crippen LogP contribution in [0.15, 0.2) is 67.0 Å². The second-order valence-corrected chi connectivity index (χ2v) is 5.06. The van der Waals surface area contributed by atoms with Gasteiger partial charge in [0.25, 0.3) is 5.91 Å². The summed E-state index contributed by atoms with van der Waals surface area (Å²) in [5.74, 6) is 0.889. The van der Waals surface area contributed by atoms with Gasteiger partial charge >= 0.3 is 0 Å². The lowest BCUT2D eigenvalue weighted by Crippen LogP contribution is -2.22. The van der Waals surface area contributed by atoms with Crippen molar-refractivity contribution in [2.75, 3.05) is 0 Å². The number of imidazole rings is 1. The third kappa shape index (κ3) is 3.06. The number of hydrogen-bond acceptors (Lipinski definition) is 2. The van der Waals surface area contributed by atoms with E-state index in [2.05, 4.69) is 10.3 Å². The Kier molecular flexibility index (Phi) is 4.01. The van der Waals surface area contributed by atoms with Crippen LogP contribution in [0, 0.1) is 6.92 Å². The summed E-state index contributed by atoms with van der Waals surface area (Å²) < 4.78 is 2.02. The van der Waals surface area contributed by atoms with Gasteiger partial charge in [-0.1, -0.05) is 30.3 Å². The van der Waals surface area contributed by atoms with Crippen molar-refractivity contribution < 1.29 is 4.79 Å². The molecule has 22 heavy (non-hydrogen) atoms. The van der Waals surface area contributed by atoms with E-state index in [4.69, 9.17) is 0 Å². The first kappa shape index (κ1) is 14.1. The largest absolute Gasteiger partial charge is 0.348 e. The van der Waals surface area contributed by atoms with Crippen LogP contribution < -0.4 is 5.32 Å². The molecule has 1 aromatic heterocycles. The molecule has 4 nitrogen and oxygen atoms in total. The molecule has 0 saturated heterocycles. The quantitative estimate of drug-likeness (QED) is 0.803. The van der Waals surface area contributed by atoms with Gasteiger partial charge in [0.1, 0.15) is 5.82 Å². The van der Waals surface area contributed by atoms with Crippen molar-refractivity contribution in [1.29, 1.82) is 0 Å². The molecule has 0 spiro atoms. The van der Waals surface area contributed by atoms with Gasteiger partial charge in [0, 0.05) is 30.2 Å². The van der Waals surface area contributed by atoms with E-state index in [0.717, 1.165) is 17.1 Å². The zero-order chi connectivity index (χ0) is 15.4. The molecule has 0 fully saturated rings. The van der Waals surface area contributed by atoms with E-state index >= 15 is 0 Å². The maximum absolute atomic E-state index is 12.0. The highest BCUT2D eigenvalue weighted by molar-refractivity contribution is 5.94. The van der Waals surface area contributed by atoms with Crippen LogP contribution in [0.2, 0.25) is 0 Å². The van der Waals surface area contributed by atoms with E-state index in [0.29, 0.717) is 12.1 Å². The summed E-state index contributed by atoms with van der Waals surface area (Å²) in [6, 6.07) is 17.3. The summed E-state index contributed by atoms with van der Waals surface area (Å²) in [5, 5.41) is 2.92. The number of carbonyl (C=O) groups is 1. The summed E-state index contributed by atoms with van der Waals surface area (Å²) in [6.45, 7) is 2.48. The van der Waals surface area contributed by atoms with Gasteiger partial charge in [-0.2, -0.15) is 0 Å². The monoisotopic (exact) mass is 291 g/mol. The van der Waals surface area contributed by atoms with Gasteiger partial charge in [0.15, 0.2) is 0 Å². The minimum atomic E-state index is -0.0601. The maximum atomic E-state index is 12.0. The number of amides is 1. The first-order valence-electron chi connectivity index (χ1n) is 7.16. The van der Waals surface area contributed by atoms with Crippen molar-refractivity contribution in [3.8, 4) is 5.69 Å². The van der Waals surface area contributed by atoms with Gasteiger partial charge < -0.3 is 9.88 Å². The van der Waals surface area contributed by atoms with Crippen molar-refractivity contribution >= 4 is 5.91 Å². The van der Waals surface area contributed by atoms with Gasteiger partial charge in [-0.3, -0.25) is 4.79 Å². The fraction of sp³-hybridized carbons (Fsp3) is 0.111. The topological polar surface area (TPSA) is 46.9 Å². The number of hydrogen-bond donors (Lipinski definition) is 1. The fourth-order valence-electron chi connectivity index (χ4n) is 2.30. The summed E-state index contributed by atoms with van der Waals surface area (Å²) in [7, 11) is 0. The second-order valence-electron chi connectivity index (χ2n) is 5.06. The van der Waals surface area contributed by atoms with Crippen LogP contribution in [0.3, 0.4) is 0 Å². The van der Waals surface area contributed by atoms with Crippen LogP contribution in [0.25, 0.3) is 5.69 Å². The molecule has 1 amide bonds. The lowest BCUT2D eigenvalue weighted by atomic mass is 10.2. The smallest absolute Gasteiger partial charge is 0.251 e. The van der Waals surface area contributed by atoms with Crippen molar-refractivity contribution in [3.05, 3.63) is 83.9 Å². The summed E-state index contributed by atoms with van der Waals surface area (Å²) in [6.07, 6.45) is 3.71. The molecule has 1 N–H and O–H groups in total. The number of nitrogens with zero attached hydrogens (tertiary/aromatic N) is 2. The molecule has 1 heterocycles. The van der Waals surface area contributed by atoms with Gasteiger partial charge in [0.05, 0.1) is 0 Å². The number of aryl methyl sites for hydroxylation is 1. The van der Waals surface area contributed by atoms with Crippen molar-refractivity contribution in [2.24, 2.45) is 0 Å². The predicted octanol–water partition coefficient (Wildman–Crippen LogP) is 3.11. The van der Waals surface area contributed by atoms with E-state index in [1.54, 1.807) is 18.3 Å². The van der Waals surface area contributed by atoms with Crippen molar-refractivity contribution in [3.63, 3.8) is 0 Å². The molecular weight excluding hydrogens is 274 g/mol. The highest BCUT2D eigenvalue weighted by atomic mass is 16.1. The van der Waals surface area contributed by atoms with Gasteiger partial charge in [0.2, 0.25) is 0 Å². The van der Waals surface area contributed by atoms with Gasteiger partial charge in [-0.15, -0.1) is 0 Å². The second kappa shape index (κ2) is 6.26. The van der Waals surface area contributed by atoms with Crippen molar-refractivity contribution in [1.82, 2.24) is 14.9 Å². The molecule has 3 aromatic rings. The standard InChI is InChI=1S/C18H17N3O/c1-14-19-11-12-21(14)17-9-7-15(8-10-17)13-20-18(22)16-5-3-2-4-6-16/h2-12H,13H2,1H3,(H,20,22). The van der Waals surface area contributed by atoms with Crippen LogP contribution in [0.5, 0.6) is 0 Å². The molecule has 0 aliphatic carbocycles. The number of aromatic nitrogens is 2. The van der Waals surface area contributed by atoms with Crippen LogP contribution in [-0.2, 0) is 6.54 Å². The molecule has 0 unspecified atom stereocenters. The maximum Gasteiger partial charge on any atom is 0.251 e. The first-order chi connectivity index (χ1) is 10.7. The summed E-state index contributed by atoms with van der Waals surface area (Å²) in [4.78, 5) is 16.2. The Morgan fingerprint density at radius 2 is 1.82 bits per heavy atom. The molecule has 110 valence electrons. The Hall–Kier alpha value is -2.88. The molecule has 0 radical (unpaired) electrons. The van der Waals surface area contributed by atoms with E-state index in [9.17, 15) is 4.79 Å². The van der Waals surface area contributed by atoms with Crippen molar-refractivity contribution in [2.45, 2.75) is 13.5 Å². The molecular formula is C18H17N3O. The number of carbonyl (C=O) groups excluding carboxylic acids is 1. The normalized spacial score (nSPS) is 10.4. The molecule has 0 aliphatic rings. The minimum Gasteiger partial charge on any atom is -0.348 e.